The van der Waals surface area contributed by atoms with E-state index in [0.29, 0.717) is 0 Å². The first-order valence-electron chi connectivity index (χ1n) is 5.67. The molecule has 0 aliphatic heterocycles. The number of aliphatic hydroxyl groups excluding tert-OH is 1. The molecule has 1 aliphatic carbocycles. The summed E-state index contributed by atoms with van der Waals surface area (Å²) in [6.45, 7) is 0. The minimum absolute atomic E-state index is 0.286. The summed E-state index contributed by atoms with van der Waals surface area (Å²) in [5.41, 5.74) is 0.961. The van der Waals surface area contributed by atoms with E-state index in [9.17, 15) is 5.11 Å². The average Bonchev–Trinajstić information content (AvgIpc) is 2.87. The fourth-order valence-corrected chi connectivity index (χ4v) is 2.40. The molecule has 1 saturated carbocycles. The molecule has 1 aromatic heterocycles. The zero-order valence-electron chi connectivity index (χ0n) is 8.58. The van der Waals surface area contributed by atoms with Crippen molar-refractivity contribution in [1.82, 2.24) is 4.98 Å². The normalized spacial score (nSPS) is 20.1. The lowest BCUT2D eigenvalue weighted by molar-refractivity contribution is 0.153. The van der Waals surface area contributed by atoms with Crippen LogP contribution in [0.5, 0.6) is 0 Å². The van der Waals surface area contributed by atoms with Crippen LogP contribution in [-0.2, 0) is 0 Å². The summed E-state index contributed by atoms with van der Waals surface area (Å²) in [5, 5.41) is 9.84. The van der Waals surface area contributed by atoms with Gasteiger partial charge in [-0.1, -0.05) is 25.7 Å². The molecule has 78 valence electrons. The molecule has 0 radical (unpaired) electrons. The van der Waals surface area contributed by atoms with Gasteiger partial charge in [0.15, 0.2) is 0 Å². The Bertz CT molecular complexity index is 249. The standard InChI is InChI=1S/C12H19NO/c14-12(11-6-3-9-13-11)8-7-10-4-1-2-5-10/h3,6,9-10,12-14H,1-2,4-5,7-8H2. The van der Waals surface area contributed by atoms with Crippen LogP contribution in [0.1, 0.15) is 50.3 Å². The van der Waals surface area contributed by atoms with Crippen molar-refractivity contribution in [2.75, 3.05) is 0 Å². The fourth-order valence-electron chi connectivity index (χ4n) is 2.40. The third-order valence-electron chi connectivity index (χ3n) is 3.30. The largest absolute Gasteiger partial charge is 0.387 e. The van der Waals surface area contributed by atoms with Crippen LogP contribution in [0.2, 0.25) is 0 Å². The highest BCUT2D eigenvalue weighted by Gasteiger charge is 2.17. The molecular formula is C12H19NO. The van der Waals surface area contributed by atoms with Gasteiger partial charge in [0.2, 0.25) is 0 Å². The summed E-state index contributed by atoms with van der Waals surface area (Å²) < 4.78 is 0. The van der Waals surface area contributed by atoms with Crippen LogP contribution in [0.25, 0.3) is 0 Å². The lowest BCUT2D eigenvalue weighted by Crippen LogP contribution is -2.01. The molecule has 1 aromatic rings. The van der Waals surface area contributed by atoms with Crippen LogP contribution in [0, 0.1) is 5.92 Å². The summed E-state index contributed by atoms with van der Waals surface area (Å²) in [7, 11) is 0. The quantitative estimate of drug-likeness (QED) is 0.757. The second-order valence-electron chi connectivity index (χ2n) is 4.37. The predicted octanol–water partition coefficient (Wildman–Crippen LogP) is 3.02. The SMILES string of the molecule is OC(CCC1CCCC1)c1ccc[nH]1. The topological polar surface area (TPSA) is 36.0 Å². The van der Waals surface area contributed by atoms with Crippen LogP contribution in [0.4, 0.5) is 0 Å². The molecule has 1 heterocycles. The van der Waals surface area contributed by atoms with E-state index in [1.54, 1.807) is 0 Å². The van der Waals surface area contributed by atoms with Gasteiger partial charge >= 0.3 is 0 Å². The fraction of sp³-hybridized carbons (Fsp3) is 0.667. The highest BCUT2D eigenvalue weighted by atomic mass is 16.3. The van der Waals surface area contributed by atoms with Gasteiger partial charge < -0.3 is 10.1 Å². The van der Waals surface area contributed by atoms with Gasteiger partial charge in [-0.3, -0.25) is 0 Å². The molecular weight excluding hydrogens is 174 g/mol. The maximum Gasteiger partial charge on any atom is 0.0937 e. The summed E-state index contributed by atoms with van der Waals surface area (Å²) in [6, 6.07) is 3.90. The van der Waals surface area contributed by atoms with Crippen LogP contribution < -0.4 is 0 Å². The molecule has 0 bridgehead atoms. The van der Waals surface area contributed by atoms with Crippen molar-refractivity contribution in [3.8, 4) is 0 Å². The second kappa shape index (κ2) is 4.65. The minimum atomic E-state index is -0.286. The molecule has 0 amide bonds. The zero-order valence-corrected chi connectivity index (χ0v) is 8.58. The number of rotatable bonds is 4. The molecule has 2 N–H and O–H groups in total. The van der Waals surface area contributed by atoms with Gasteiger partial charge in [0, 0.05) is 11.9 Å². The van der Waals surface area contributed by atoms with Crippen LogP contribution in [-0.4, -0.2) is 10.1 Å². The summed E-state index contributed by atoms with van der Waals surface area (Å²) in [5.74, 6) is 0.875. The maximum absolute atomic E-state index is 9.84. The van der Waals surface area contributed by atoms with Crippen molar-refractivity contribution in [1.29, 1.82) is 0 Å². The van der Waals surface area contributed by atoms with Crippen molar-refractivity contribution in [3.05, 3.63) is 24.0 Å². The second-order valence-corrected chi connectivity index (χ2v) is 4.37. The molecule has 1 atom stereocenters. The van der Waals surface area contributed by atoms with E-state index in [2.05, 4.69) is 4.98 Å². The van der Waals surface area contributed by atoms with Crippen molar-refractivity contribution in [2.24, 2.45) is 5.92 Å². The molecule has 2 rings (SSSR count). The number of nitrogens with one attached hydrogen (secondary N) is 1. The summed E-state index contributed by atoms with van der Waals surface area (Å²) in [6.07, 6.45) is 9.20. The molecule has 14 heavy (non-hydrogen) atoms. The van der Waals surface area contributed by atoms with Crippen molar-refractivity contribution in [3.63, 3.8) is 0 Å². The molecule has 2 nitrogen and oxygen atoms in total. The van der Waals surface area contributed by atoms with E-state index in [0.717, 1.165) is 18.0 Å². The van der Waals surface area contributed by atoms with Crippen LogP contribution in [0.15, 0.2) is 18.3 Å². The Kier molecular flexibility index (Phi) is 3.25. The lowest BCUT2D eigenvalue weighted by atomic mass is 9.99. The molecule has 1 fully saturated rings. The Hall–Kier alpha value is -0.760. The first-order chi connectivity index (χ1) is 6.86. The number of aliphatic hydroxyl groups is 1. The highest BCUT2D eigenvalue weighted by Crippen LogP contribution is 2.30. The Labute approximate surface area is 85.3 Å². The Morgan fingerprint density at radius 3 is 2.86 bits per heavy atom. The van der Waals surface area contributed by atoms with E-state index < -0.39 is 0 Å². The third kappa shape index (κ3) is 2.38. The molecule has 0 spiro atoms. The number of hydrogen-bond acceptors (Lipinski definition) is 1. The highest BCUT2D eigenvalue weighted by molar-refractivity contribution is 5.06. The number of hydrogen-bond donors (Lipinski definition) is 2. The Balaban J connectivity index is 1.74. The number of aromatic nitrogens is 1. The van der Waals surface area contributed by atoms with Gasteiger partial charge in [-0.2, -0.15) is 0 Å². The Morgan fingerprint density at radius 2 is 2.21 bits per heavy atom. The molecule has 2 heteroatoms. The molecule has 1 aliphatic rings. The third-order valence-corrected chi connectivity index (χ3v) is 3.30. The number of aromatic amines is 1. The number of H-pyrrole nitrogens is 1. The van der Waals surface area contributed by atoms with Gasteiger partial charge in [-0.25, -0.2) is 0 Å². The predicted molar refractivity (Wildman–Crippen MR) is 56.9 cm³/mol. The van der Waals surface area contributed by atoms with Crippen molar-refractivity contribution in [2.45, 2.75) is 44.6 Å². The van der Waals surface area contributed by atoms with E-state index in [1.807, 2.05) is 18.3 Å². The van der Waals surface area contributed by atoms with E-state index in [4.69, 9.17) is 0 Å². The first-order valence-corrected chi connectivity index (χ1v) is 5.67. The van der Waals surface area contributed by atoms with Crippen LogP contribution in [0.3, 0.4) is 0 Å². The van der Waals surface area contributed by atoms with Gasteiger partial charge in [0.25, 0.3) is 0 Å². The van der Waals surface area contributed by atoms with Crippen molar-refractivity contribution >= 4 is 0 Å². The monoisotopic (exact) mass is 193 g/mol. The summed E-state index contributed by atoms with van der Waals surface area (Å²) >= 11 is 0. The van der Waals surface area contributed by atoms with Gasteiger partial charge in [-0.05, 0) is 30.9 Å². The maximum atomic E-state index is 9.84. The van der Waals surface area contributed by atoms with E-state index >= 15 is 0 Å². The van der Waals surface area contributed by atoms with Crippen molar-refractivity contribution < 1.29 is 5.11 Å². The average molecular weight is 193 g/mol. The molecule has 0 saturated heterocycles. The van der Waals surface area contributed by atoms with Crippen LogP contribution >= 0.6 is 0 Å². The first kappa shape index (κ1) is 9.78. The van der Waals surface area contributed by atoms with Gasteiger partial charge in [-0.15, -0.1) is 0 Å². The zero-order chi connectivity index (χ0) is 9.80. The minimum Gasteiger partial charge on any atom is -0.387 e. The van der Waals surface area contributed by atoms with Gasteiger partial charge in [0.1, 0.15) is 0 Å². The lowest BCUT2D eigenvalue weighted by Gasteiger charge is -2.12. The summed E-state index contributed by atoms with van der Waals surface area (Å²) in [4.78, 5) is 3.06. The van der Waals surface area contributed by atoms with E-state index in [-0.39, 0.29) is 6.10 Å². The van der Waals surface area contributed by atoms with Gasteiger partial charge in [0.05, 0.1) is 6.10 Å². The molecule has 0 aromatic carbocycles. The Morgan fingerprint density at radius 1 is 1.43 bits per heavy atom. The van der Waals surface area contributed by atoms with E-state index in [1.165, 1.54) is 32.1 Å². The smallest absolute Gasteiger partial charge is 0.0937 e. The molecule has 1 unspecified atom stereocenters.